The van der Waals surface area contributed by atoms with Crippen LogP contribution in [0, 0.1) is 15.7 Å². The first-order valence-electron chi connectivity index (χ1n) is 6.06. The maximum absolute atomic E-state index is 10.7. The van der Waals surface area contributed by atoms with Crippen molar-refractivity contribution in [2.75, 3.05) is 13.1 Å². The lowest BCUT2D eigenvalue weighted by Gasteiger charge is -2.48. The fourth-order valence-corrected chi connectivity index (χ4v) is 4.12. The minimum Gasteiger partial charge on any atom is -0.259 e. The van der Waals surface area contributed by atoms with E-state index in [2.05, 4.69) is 17.4 Å². The van der Waals surface area contributed by atoms with Crippen molar-refractivity contribution >= 4 is 0 Å². The van der Waals surface area contributed by atoms with Crippen LogP contribution < -0.4 is 0 Å². The predicted molar refractivity (Wildman–Crippen MR) is 59.1 cm³/mol. The van der Waals surface area contributed by atoms with Crippen molar-refractivity contribution in [2.24, 2.45) is 16.1 Å². The molecule has 2 aliphatic carbocycles. The van der Waals surface area contributed by atoms with E-state index in [1.165, 1.54) is 38.5 Å². The van der Waals surface area contributed by atoms with E-state index in [0.717, 1.165) is 13.1 Å². The molecule has 3 aliphatic rings. The molecule has 0 N–H and O–H groups in total. The van der Waals surface area contributed by atoms with Crippen LogP contribution in [0.1, 0.15) is 38.5 Å². The predicted octanol–water partition coefficient (Wildman–Crippen LogP) is 2.88. The first kappa shape index (κ1) is 9.37. The third-order valence-corrected chi connectivity index (χ3v) is 4.88. The van der Waals surface area contributed by atoms with Gasteiger partial charge in [-0.25, -0.2) is 0 Å². The smallest absolute Gasteiger partial charge is 0.0524 e. The van der Waals surface area contributed by atoms with Gasteiger partial charge in [0, 0.05) is 23.9 Å². The standard InChI is InChI=1S/C12H18N2O/c15-13-14-9-11-5-1-2-6-12(11,10-14)8-4-3-7-11/h1,5H,2-4,6-10H2/t11-,12+/m0/s1. The lowest BCUT2D eigenvalue weighted by atomic mass is 9.54. The van der Waals surface area contributed by atoms with Gasteiger partial charge in [-0.05, 0) is 25.7 Å². The fraction of sp³-hybridized carbons (Fsp3) is 0.833. The van der Waals surface area contributed by atoms with Crippen LogP contribution in [-0.2, 0) is 0 Å². The van der Waals surface area contributed by atoms with Crippen molar-refractivity contribution in [3.05, 3.63) is 17.1 Å². The number of nitrogens with zero attached hydrogens (tertiary/aromatic N) is 2. The molecule has 1 saturated carbocycles. The molecular formula is C12H18N2O. The summed E-state index contributed by atoms with van der Waals surface area (Å²) in [5.74, 6) is 0. The Balaban J connectivity index is 2.01. The van der Waals surface area contributed by atoms with Crippen molar-refractivity contribution in [2.45, 2.75) is 38.5 Å². The minimum atomic E-state index is 0.289. The van der Waals surface area contributed by atoms with E-state index in [-0.39, 0.29) is 5.41 Å². The zero-order chi connectivity index (χ0) is 10.4. The average molecular weight is 206 g/mol. The Hall–Kier alpha value is -0.860. The van der Waals surface area contributed by atoms with Crippen molar-refractivity contribution in [3.63, 3.8) is 0 Å². The SMILES string of the molecule is O=NN1C[C@@]23C=CCC[C@@]2(CCCC3)C1. The van der Waals surface area contributed by atoms with Gasteiger partial charge in [-0.2, -0.15) is 0 Å². The molecule has 0 unspecified atom stereocenters. The van der Waals surface area contributed by atoms with Gasteiger partial charge in [0.1, 0.15) is 0 Å². The second-order valence-electron chi connectivity index (χ2n) is 5.49. The third kappa shape index (κ3) is 1.12. The van der Waals surface area contributed by atoms with E-state index in [1.54, 1.807) is 5.01 Å². The first-order valence-corrected chi connectivity index (χ1v) is 6.06. The molecule has 0 amide bonds. The third-order valence-electron chi connectivity index (χ3n) is 4.88. The lowest BCUT2D eigenvalue weighted by Crippen LogP contribution is -2.43. The van der Waals surface area contributed by atoms with Gasteiger partial charge in [0.15, 0.2) is 0 Å². The van der Waals surface area contributed by atoms with E-state index >= 15 is 0 Å². The molecule has 0 bridgehead atoms. The summed E-state index contributed by atoms with van der Waals surface area (Å²) >= 11 is 0. The second kappa shape index (κ2) is 3.06. The van der Waals surface area contributed by atoms with Gasteiger partial charge in [0.05, 0.1) is 5.29 Å². The summed E-state index contributed by atoms with van der Waals surface area (Å²) in [7, 11) is 0. The van der Waals surface area contributed by atoms with Crippen molar-refractivity contribution < 1.29 is 0 Å². The van der Waals surface area contributed by atoms with Gasteiger partial charge in [0.25, 0.3) is 0 Å². The summed E-state index contributed by atoms with van der Waals surface area (Å²) in [6.45, 7) is 1.77. The first-order chi connectivity index (χ1) is 7.30. The van der Waals surface area contributed by atoms with Crippen molar-refractivity contribution in [3.8, 4) is 0 Å². The average Bonchev–Trinajstić information content (AvgIpc) is 2.63. The Kier molecular flexibility index (Phi) is 1.91. The highest BCUT2D eigenvalue weighted by Gasteiger charge is 2.57. The summed E-state index contributed by atoms with van der Waals surface area (Å²) < 4.78 is 0. The van der Waals surface area contributed by atoms with Gasteiger partial charge in [-0.15, -0.1) is 4.91 Å². The van der Waals surface area contributed by atoms with Crippen LogP contribution in [0.4, 0.5) is 0 Å². The number of nitroso groups, excluding NO2 is 1. The van der Waals surface area contributed by atoms with Crippen LogP contribution in [0.15, 0.2) is 17.4 Å². The molecule has 0 spiro atoms. The number of allylic oxidation sites excluding steroid dienone is 1. The second-order valence-corrected chi connectivity index (χ2v) is 5.49. The van der Waals surface area contributed by atoms with E-state index in [0.29, 0.717) is 5.41 Å². The Bertz CT molecular complexity index is 315. The molecular weight excluding hydrogens is 188 g/mol. The highest BCUT2D eigenvalue weighted by atomic mass is 16.3. The number of hydrogen-bond donors (Lipinski definition) is 0. The molecule has 0 radical (unpaired) electrons. The van der Waals surface area contributed by atoms with Crippen LogP contribution in [0.5, 0.6) is 0 Å². The molecule has 0 aromatic heterocycles. The normalized spacial score (nSPS) is 43.6. The maximum Gasteiger partial charge on any atom is 0.0524 e. The minimum absolute atomic E-state index is 0.289. The van der Waals surface area contributed by atoms with Gasteiger partial charge in [0.2, 0.25) is 0 Å². The summed E-state index contributed by atoms with van der Waals surface area (Å²) in [5.41, 5.74) is 0.672. The summed E-state index contributed by atoms with van der Waals surface area (Å²) in [4.78, 5) is 10.7. The molecule has 3 nitrogen and oxygen atoms in total. The van der Waals surface area contributed by atoms with Gasteiger partial charge >= 0.3 is 0 Å². The molecule has 3 heteroatoms. The van der Waals surface area contributed by atoms with Crippen LogP contribution >= 0.6 is 0 Å². The summed E-state index contributed by atoms with van der Waals surface area (Å²) in [6.07, 6.45) is 12.4. The Morgan fingerprint density at radius 3 is 2.80 bits per heavy atom. The molecule has 82 valence electrons. The Morgan fingerprint density at radius 1 is 1.13 bits per heavy atom. The molecule has 1 aliphatic heterocycles. The van der Waals surface area contributed by atoms with Gasteiger partial charge < -0.3 is 0 Å². The molecule has 2 atom stereocenters. The monoisotopic (exact) mass is 206 g/mol. The van der Waals surface area contributed by atoms with E-state index in [9.17, 15) is 4.91 Å². The maximum atomic E-state index is 10.7. The van der Waals surface area contributed by atoms with Crippen molar-refractivity contribution in [1.29, 1.82) is 0 Å². The Labute approximate surface area is 90.5 Å². The molecule has 15 heavy (non-hydrogen) atoms. The van der Waals surface area contributed by atoms with E-state index < -0.39 is 0 Å². The van der Waals surface area contributed by atoms with Crippen LogP contribution in [0.3, 0.4) is 0 Å². The van der Waals surface area contributed by atoms with Gasteiger partial charge in [-0.1, -0.05) is 25.0 Å². The van der Waals surface area contributed by atoms with Crippen LogP contribution in [0.2, 0.25) is 0 Å². The highest BCUT2D eigenvalue weighted by molar-refractivity contribution is 5.20. The molecule has 1 heterocycles. The fourth-order valence-electron chi connectivity index (χ4n) is 4.12. The lowest BCUT2D eigenvalue weighted by molar-refractivity contribution is 0.0637. The summed E-state index contributed by atoms with van der Waals surface area (Å²) in [5, 5.41) is 4.94. The largest absolute Gasteiger partial charge is 0.259 e. The highest BCUT2D eigenvalue weighted by Crippen LogP contribution is 2.60. The van der Waals surface area contributed by atoms with E-state index in [4.69, 9.17) is 0 Å². The Morgan fingerprint density at radius 2 is 2.00 bits per heavy atom. The van der Waals surface area contributed by atoms with E-state index in [1.807, 2.05) is 0 Å². The number of hydrogen-bond acceptors (Lipinski definition) is 2. The van der Waals surface area contributed by atoms with Gasteiger partial charge in [-0.3, -0.25) is 5.01 Å². The molecule has 3 rings (SSSR count). The number of rotatable bonds is 1. The van der Waals surface area contributed by atoms with Crippen molar-refractivity contribution in [1.82, 2.24) is 5.01 Å². The van der Waals surface area contributed by atoms with Crippen LogP contribution in [-0.4, -0.2) is 18.1 Å². The van der Waals surface area contributed by atoms with Crippen LogP contribution in [0.25, 0.3) is 0 Å². The molecule has 1 saturated heterocycles. The molecule has 0 aromatic carbocycles. The zero-order valence-electron chi connectivity index (χ0n) is 9.11. The quantitative estimate of drug-likeness (QED) is 0.488. The summed E-state index contributed by atoms with van der Waals surface area (Å²) in [6, 6.07) is 0. The molecule has 2 fully saturated rings. The molecule has 0 aromatic rings. The topological polar surface area (TPSA) is 32.7 Å². The zero-order valence-corrected chi connectivity index (χ0v) is 9.11.